The number of carbonyl (C=O) groups excluding carboxylic acids is 1. The lowest BCUT2D eigenvalue weighted by atomic mass is 9.79. The molecule has 5 nitrogen and oxygen atoms in total. The molecule has 0 aromatic heterocycles. The maximum absolute atomic E-state index is 12.6. The van der Waals surface area contributed by atoms with Crippen molar-refractivity contribution in [2.75, 3.05) is 26.2 Å². The minimum absolute atomic E-state index is 0.216. The first-order valence-electron chi connectivity index (χ1n) is 10.3. The number of rotatable bonds is 4. The molecule has 10 heteroatoms. The second kappa shape index (κ2) is 10.3. The first-order valence-corrected chi connectivity index (χ1v) is 11.0. The number of hydrogen-bond acceptors (Lipinski definition) is 3. The number of aliphatic carboxylic acids is 1. The van der Waals surface area contributed by atoms with Crippen LogP contribution in [0.4, 0.5) is 13.2 Å². The van der Waals surface area contributed by atoms with Crippen LogP contribution in [0.3, 0.4) is 0 Å². The number of carboxylic acids is 1. The van der Waals surface area contributed by atoms with Crippen LogP contribution in [0.25, 0.3) is 0 Å². The summed E-state index contributed by atoms with van der Waals surface area (Å²) < 4.78 is 31.7. The maximum Gasteiger partial charge on any atom is 0.490 e. The van der Waals surface area contributed by atoms with Gasteiger partial charge in [0.2, 0.25) is 5.91 Å². The van der Waals surface area contributed by atoms with E-state index in [-0.39, 0.29) is 11.3 Å². The van der Waals surface area contributed by atoms with Gasteiger partial charge in [-0.05, 0) is 35.7 Å². The lowest BCUT2D eigenvalue weighted by Gasteiger charge is -2.48. The average molecular weight is 503 g/mol. The quantitative estimate of drug-likeness (QED) is 0.645. The number of amides is 1. The molecule has 178 valence electrons. The van der Waals surface area contributed by atoms with Crippen LogP contribution >= 0.6 is 23.2 Å². The van der Waals surface area contributed by atoms with Crippen molar-refractivity contribution in [2.24, 2.45) is 5.41 Å². The van der Waals surface area contributed by atoms with Gasteiger partial charge in [-0.2, -0.15) is 13.2 Å². The van der Waals surface area contributed by atoms with Crippen molar-refractivity contribution < 1.29 is 27.9 Å². The van der Waals surface area contributed by atoms with E-state index in [0.29, 0.717) is 11.4 Å². The second-order valence-electron chi connectivity index (χ2n) is 8.41. The molecule has 2 aromatic carbocycles. The molecule has 0 aliphatic carbocycles. The molecule has 0 unspecified atom stereocenters. The number of alkyl halides is 3. The SMILES string of the molecule is O=C(Cc1ccc(Cl)cc1)N1CCC2(CN(Cc3ccccc3Cl)C2)C1.O=C(O)C(F)(F)F. The van der Waals surface area contributed by atoms with E-state index >= 15 is 0 Å². The van der Waals surface area contributed by atoms with E-state index in [9.17, 15) is 18.0 Å². The van der Waals surface area contributed by atoms with E-state index in [2.05, 4.69) is 11.0 Å². The summed E-state index contributed by atoms with van der Waals surface area (Å²) in [5.74, 6) is -2.54. The lowest BCUT2D eigenvalue weighted by molar-refractivity contribution is -0.192. The van der Waals surface area contributed by atoms with Crippen molar-refractivity contribution in [1.29, 1.82) is 0 Å². The Morgan fingerprint density at radius 1 is 1.00 bits per heavy atom. The third-order valence-electron chi connectivity index (χ3n) is 5.77. The Balaban J connectivity index is 0.000000383. The largest absolute Gasteiger partial charge is 0.490 e. The summed E-state index contributed by atoms with van der Waals surface area (Å²) in [6.45, 7) is 4.72. The van der Waals surface area contributed by atoms with Crippen LogP contribution in [-0.4, -0.2) is 59.1 Å². The molecule has 2 saturated heterocycles. The topological polar surface area (TPSA) is 60.9 Å². The van der Waals surface area contributed by atoms with Crippen LogP contribution in [-0.2, 0) is 22.6 Å². The van der Waals surface area contributed by atoms with Gasteiger partial charge in [0.1, 0.15) is 0 Å². The average Bonchev–Trinajstić information content (AvgIpc) is 3.17. The molecular weight excluding hydrogens is 480 g/mol. The number of benzene rings is 2. The molecule has 0 bridgehead atoms. The molecule has 2 fully saturated rings. The van der Waals surface area contributed by atoms with Gasteiger partial charge in [-0.3, -0.25) is 9.69 Å². The standard InChI is InChI=1S/C21H22Cl2N2O.C2HF3O2/c22-18-7-5-16(6-8-18)11-20(26)25-10-9-21(15-25)13-24(14-21)12-17-3-1-2-4-19(17)23;3-2(4,5)1(6)7/h1-8H,9-15H2;(H,6,7). The maximum atomic E-state index is 12.6. The van der Waals surface area contributed by atoms with Crippen LogP contribution in [0.15, 0.2) is 48.5 Å². The van der Waals surface area contributed by atoms with Crippen LogP contribution in [0.1, 0.15) is 17.5 Å². The van der Waals surface area contributed by atoms with E-state index in [1.807, 2.05) is 47.4 Å². The Bertz CT molecular complexity index is 993. The van der Waals surface area contributed by atoms with Gasteiger partial charge in [0.25, 0.3) is 0 Å². The third kappa shape index (κ3) is 6.85. The minimum Gasteiger partial charge on any atom is -0.475 e. The Labute approximate surface area is 199 Å². The first kappa shape index (κ1) is 25.3. The fourth-order valence-corrected chi connectivity index (χ4v) is 4.50. The molecule has 1 amide bonds. The summed E-state index contributed by atoms with van der Waals surface area (Å²) in [7, 11) is 0. The van der Waals surface area contributed by atoms with Gasteiger partial charge in [0, 0.05) is 48.2 Å². The van der Waals surface area contributed by atoms with Gasteiger partial charge in [0.15, 0.2) is 0 Å². The first-order chi connectivity index (χ1) is 15.5. The highest BCUT2D eigenvalue weighted by molar-refractivity contribution is 6.31. The molecule has 33 heavy (non-hydrogen) atoms. The van der Waals surface area contributed by atoms with Gasteiger partial charge in [-0.25, -0.2) is 4.79 Å². The Hall–Kier alpha value is -2.29. The smallest absolute Gasteiger partial charge is 0.475 e. The second-order valence-corrected chi connectivity index (χ2v) is 9.25. The highest BCUT2D eigenvalue weighted by Crippen LogP contribution is 2.40. The molecule has 0 saturated carbocycles. The van der Waals surface area contributed by atoms with E-state index in [1.165, 1.54) is 5.56 Å². The Morgan fingerprint density at radius 2 is 1.61 bits per heavy atom. The minimum atomic E-state index is -5.08. The molecule has 4 rings (SSSR count). The molecule has 0 atom stereocenters. The van der Waals surface area contributed by atoms with E-state index < -0.39 is 12.1 Å². The van der Waals surface area contributed by atoms with Crippen LogP contribution in [0, 0.1) is 5.41 Å². The molecule has 2 heterocycles. The van der Waals surface area contributed by atoms with Crippen molar-refractivity contribution >= 4 is 35.1 Å². The van der Waals surface area contributed by atoms with Crippen molar-refractivity contribution in [3.63, 3.8) is 0 Å². The normalized spacial score (nSPS) is 17.3. The van der Waals surface area contributed by atoms with E-state index in [1.54, 1.807) is 0 Å². The monoisotopic (exact) mass is 502 g/mol. The molecule has 2 aromatic rings. The number of carbonyl (C=O) groups is 2. The Kier molecular flexibility index (Phi) is 7.92. The van der Waals surface area contributed by atoms with Crippen LogP contribution in [0.2, 0.25) is 10.0 Å². The fourth-order valence-electron chi connectivity index (χ4n) is 4.18. The highest BCUT2D eigenvalue weighted by Gasteiger charge is 2.48. The number of nitrogens with zero attached hydrogens (tertiary/aromatic N) is 2. The zero-order valence-corrected chi connectivity index (χ0v) is 19.1. The number of hydrogen-bond donors (Lipinski definition) is 1. The van der Waals surface area contributed by atoms with Gasteiger partial charge in [-0.1, -0.05) is 53.5 Å². The van der Waals surface area contributed by atoms with Crippen molar-refractivity contribution in [3.8, 4) is 0 Å². The molecule has 1 N–H and O–H groups in total. The molecule has 0 radical (unpaired) electrons. The summed E-state index contributed by atoms with van der Waals surface area (Å²) in [6, 6.07) is 15.6. The van der Waals surface area contributed by atoms with Crippen molar-refractivity contribution in [1.82, 2.24) is 9.80 Å². The Morgan fingerprint density at radius 3 is 2.18 bits per heavy atom. The zero-order chi connectivity index (χ0) is 24.2. The summed E-state index contributed by atoms with van der Waals surface area (Å²) in [5.41, 5.74) is 2.48. The number of halogens is 5. The zero-order valence-electron chi connectivity index (χ0n) is 17.6. The van der Waals surface area contributed by atoms with E-state index in [4.69, 9.17) is 33.1 Å². The predicted molar refractivity (Wildman–Crippen MR) is 119 cm³/mol. The van der Waals surface area contributed by atoms with Crippen LogP contribution < -0.4 is 0 Å². The van der Waals surface area contributed by atoms with Gasteiger partial charge < -0.3 is 10.0 Å². The van der Waals surface area contributed by atoms with Gasteiger partial charge in [-0.15, -0.1) is 0 Å². The van der Waals surface area contributed by atoms with Crippen molar-refractivity contribution in [3.05, 3.63) is 69.7 Å². The van der Waals surface area contributed by atoms with Gasteiger partial charge in [0.05, 0.1) is 6.42 Å². The van der Waals surface area contributed by atoms with Crippen molar-refractivity contribution in [2.45, 2.75) is 25.6 Å². The summed E-state index contributed by atoms with van der Waals surface area (Å²) in [5, 5.41) is 8.66. The summed E-state index contributed by atoms with van der Waals surface area (Å²) in [4.78, 5) is 26.0. The summed E-state index contributed by atoms with van der Waals surface area (Å²) >= 11 is 12.2. The number of carboxylic acid groups (broad SMARTS) is 1. The van der Waals surface area contributed by atoms with Gasteiger partial charge >= 0.3 is 12.1 Å². The molecular formula is C23H23Cl2F3N2O3. The third-order valence-corrected chi connectivity index (χ3v) is 6.39. The van der Waals surface area contributed by atoms with E-state index in [0.717, 1.165) is 49.7 Å². The fraction of sp³-hybridized carbons (Fsp3) is 0.391. The number of likely N-dealkylation sites (tertiary alicyclic amines) is 2. The summed E-state index contributed by atoms with van der Waals surface area (Å²) in [6.07, 6.45) is -3.53. The molecule has 2 aliphatic rings. The molecule has 1 spiro atoms. The predicted octanol–water partition coefficient (Wildman–Crippen LogP) is 4.90. The van der Waals surface area contributed by atoms with Crippen LogP contribution in [0.5, 0.6) is 0 Å². The highest BCUT2D eigenvalue weighted by atomic mass is 35.5. The molecule has 2 aliphatic heterocycles. The lowest BCUT2D eigenvalue weighted by Crippen LogP contribution is -2.57.